The van der Waals surface area contributed by atoms with Crippen LogP contribution in [0.4, 0.5) is 24.5 Å². The molecule has 0 spiro atoms. The molecule has 0 aliphatic rings. The quantitative estimate of drug-likeness (QED) is 0.567. The van der Waals surface area contributed by atoms with Crippen LogP contribution >= 0.6 is 11.6 Å². The van der Waals surface area contributed by atoms with Crippen molar-refractivity contribution < 1.29 is 31.1 Å². The van der Waals surface area contributed by atoms with E-state index in [4.69, 9.17) is 16.3 Å². The number of ether oxygens (including phenoxy) is 1. The first-order chi connectivity index (χ1) is 14.4. The van der Waals surface area contributed by atoms with Crippen molar-refractivity contribution >= 4 is 38.9 Å². The summed E-state index contributed by atoms with van der Waals surface area (Å²) in [6.45, 7) is 0.211. The Labute approximate surface area is 184 Å². The molecule has 0 saturated carbocycles. The molecule has 0 heterocycles. The van der Waals surface area contributed by atoms with E-state index in [2.05, 4.69) is 5.32 Å². The Morgan fingerprint density at radius 2 is 1.90 bits per heavy atom. The molecule has 0 radical (unpaired) electrons. The van der Waals surface area contributed by atoms with Crippen molar-refractivity contribution in [3.8, 4) is 0 Å². The zero-order chi connectivity index (χ0) is 23.2. The van der Waals surface area contributed by atoms with Crippen LogP contribution in [-0.4, -0.2) is 34.2 Å². The number of anilines is 2. The van der Waals surface area contributed by atoms with Crippen molar-refractivity contribution in [2.45, 2.75) is 25.6 Å². The van der Waals surface area contributed by atoms with Gasteiger partial charge >= 0.3 is 6.18 Å². The lowest BCUT2D eigenvalue weighted by molar-refractivity contribution is -0.137. The summed E-state index contributed by atoms with van der Waals surface area (Å²) < 4.78 is 69.5. The van der Waals surface area contributed by atoms with Gasteiger partial charge in [0.15, 0.2) is 0 Å². The third-order valence-corrected chi connectivity index (χ3v) is 5.75. The first-order valence-electron chi connectivity index (χ1n) is 9.14. The number of nitrogens with one attached hydrogen (secondary N) is 1. The van der Waals surface area contributed by atoms with Gasteiger partial charge in [-0.3, -0.25) is 9.10 Å². The van der Waals surface area contributed by atoms with Crippen molar-refractivity contribution in [3.63, 3.8) is 0 Å². The van der Waals surface area contributed by atoms with Crippen molar-refractivity contribution in [3.05, 3.63) is 58.6 Å². The minimum atomic E-state index is -4.73. The lowest BCUT2D eigenvalue weighted by Gasteiger charge is -2.23. The maximum Gasteiger partial charge on any atom is 0.417 e. The van der Waals surface area contributed by atoms with Crippen molar-refractivity contribution in [2.24, 2.45) is 0 Å². The van der Waals surface area contributed by atoms with Gasteiger partial charge in [-0.1, -0.05) is 23.7 Å². The molecule has 170 valence electrons. The maximum absolute atomic E-state index is 13.1. The molecule has 0 atom stereocenters. The van der Waals surface area contributed by atoms with Gasteiger partial charge in [0.25, 0.3) is 0 Å². The van der Waals surface area contributed by atoms with Crippen LogP contribution in [0.15, 0.2) is 42.5 Å². The van der Waals surface area contributed by atoms with E-state index in [1.54, 1.807) is 25.3 Å². The van der Waals surface area contributed by atoms with E-state index in [9.17, 15) is 26.4 Å². The van der Waals surface area contributed by atoms with Gasteiger partial charge in [0.05, 0.1) is 29.1 Å². The molecule has 2 rings (SSSR count). The SMILES string of the molecule is COCc1cccc(NC(=O)CCCN(c2ccc(Cl)c(C(F)(F)F)c2)S(C)(=O)=O)c1. The third kappa shape index (κ3) is 7.41. The number of hydrogen-bond donors (Lipinski definition) is 1. The Balaban J connectivity index is 2.07. The van der Waals surface area contributed by atoms with E-state index >= 15 is 0 Å². The monoisotopic (exact) mass is 478 g/mol. The summed E-state index contributed by atoms with van der Waals surface area (Å²) in [6, 6.07) is 9.92. The summed E-state index contributed by atoms with van der Waals surface area (Å²) in [5, 5.41) is 2.17. The number of rotatable bonds is 9. The van der Waals surface area contributed by atoms with Gasteiger partial charge in [0.1, 0.15) is 0 Å². The molecule has 1 N–H and O–H groups in total. The van der Waals surface area contributed by atoms with Gasteiger partial charge in [-0.2, -0.15) is 13.2 Å². The minimum absolute atomic E-state index is 0.0275. The summed E-state index contributed by atoms with van der Waals surface area (Å²) in [5.41, 5.74) is 0.125. The topological polar surface area (TPSA) is 75.7 Å². The summed E-state index contributed by atoms with van der Waals surface area (Å²) in [4.78, 5) is 12.2. The predicted molar refractivity (Wildman–Crippen MR) is 114 cm³/mol. The Bertz CT molecular complexity index is 1030. The maximum atomic E-state index is 13.1. The van der Waals surface area contributed by atoms with Gasteiger partial charge in [0, 0.05) is 25.8 Å². The zero-order valence-corrected chi connectivity index (χ0v) is 18.4. The van der Waals surface area contributed by atoms with Crippen LogP contribution in [0.2, 0.25) is 5.02 Å². The molecule has 0 aliphatic carbocycles. The number of carbonyl (C=O) groups is 1. The van der Waals surface area contributed by atoms with Gasteiger partial charge in [0.2, 0.25) is 15.9 Å². The number of methoxy groups -OCH3 is 1. The molecule has 1 amide bonds. The predicted octanol–water partition coefficient (Wildman–Crippen LogP) is 4.69. The van der Waals surface area contributed by atoms with E-state index in [0.29, 0.717) is 18.4 Å². The average molecular weight is 479 g/mol. The van der Waals surface area contributed by atoms with E-state index in [1.807, 2.05) is 6.07 Å². The molecule has 11 heteroatoms. The highest BCUT2D eigenvalue weighted by Crippen LogP contribution is 2.37. The summed E-state index contributed by atoms with van der Waals surface area (Å²) in [7, 11) is -2.33. The lowest BCUT2D eigenvalue weighted by Crippen LogP contribution is -2.31. The van der Waals surface area contributed by atoms with E-state index in [-0.39, 0.29) is 31.0 Å². The largest absolute Gasteiger partial charge is 0.417 e. The van der Waals surface area contributed by atoms with Crippen molar-refractivity contribution in [1.82, 2.24) is 0 Å². The van der Waals surface area contributed by atoms with Crippen LogP contribution in [0.3, 0.4) is 0 Å². The fourth-order valence-electron chi connectivity index (χ4n) is 2.88. The number of halogens is 4. The second-order valence-corrected chi connectivity index (χ2v) is 9.10. The number of carbonyl (C=O) groups excluding carboxylic acids is 1. The second kappa shape index (κ2) is 10.3. The molecule has 2 aromatic carbocycles. The summed E-state index contributed by atoms with van der Waals surface area (Å²) >= 11 is 5.60. The minimum Gasteiger partial charge on any atom is -0.380 e. The molecule has 0 fully saturated rings. The molecule has 31 heavy (non-hydrogen) atoms. The highest BCUT2D eigenvalue weighted by molar-refractivity contribution is 7.92. The van der Waals surface area contributed by atoms with Crippen LogP contribution in [0, 0.1) is 0 Å². The molecular weight excluding hydrogens is 457 g/mol. The number of sulfonamides is 1. The van der Waals surface area contributed by atoms with Crippen LogP contribution in [0.5, 0.6) is 0 Å². The fourth-order valence-corrected chi connectivity index (χ4v) is 4.07. The molecular formula is C20H22ClF3N2O4S. The number of alkyl halides is 3. The van der Waals surface area contributed by atoms with Crippen LogP contribution < -0.4 is 9.62 Å². The summed E-state index contributed by atoms with van der Waals surface area (Å²) in [5.74, 6) is -0.352. The molecule has 0 saturated heterocycles. The van der Waals surface area contributed by atoms with Crippen LogP contribution in [-0.2, 0) is 32.3 Å². The molecule has 0 aliphatic heterocycles. The molecule has 0 bridgehead atoms. The molecule has 0 aromatic heterocycles. The molecule has 0 unspecified atom stereocenters. The third-order valence-electron chi connectivity index (χ3n) is 4.23. The normalized spacial score (nSPS) is 11.9. The second-order valence-electron chi connectivity index (χ2n) is 6.78. The van der Waals surface area contributed by atoms with Gasteiger partial charge in [-0.05, 0) is 42.3 Å². The van der Waals surface area contributed by atoms with E-state index < -0.39 is 26.8 Å². The highest BCUT2D eigenvalue weighted by Gasteiger charge is 2.34. The molecule has 6 nitrogen and oxygen atoms in total. The first kappa shape index (κ1) is 25.0. The highest BCUT2D eigenvalue weighted by atomic mass is 35.5. The number of nitrogens with zero attached hydrogens (tertiary/aromatic N) is 1. The Kier molecular flexibility index (Phi) is 8.33. The summed E-state index contributed by atoms with van der Waals surface area (Å²) in [6.07, 6.45) is -3.77. The Morgan fingerprint density at radius 1 is 1.19 bits per heavy atom. The van der Waals surface area contributed by atoms with Crippen LogP contribution in [0.1, 0.15) is 24.0 Å². The zero-order valence-electron chi connectivity index (χ0n) is 16.9. The number of hydrogen-bond acceptors (Lipinski definition) is 4. The van der Waals surface area contributed by atoms with E-state index in [1.165, 1.54) is 6.07 Å². The van der Waals surface area contributed by atoms with Crippen LogP contribution in [0.25, 0.3) is 0 Å². The van der Waals surface area contributed by atoms with Crippen molar-refractivity contribution in [1.29, 1.82) is 0 Å². The lowest BCUT2D eigenvalue weighted by atomic mass is 10.2. The Morgan fingerprint density at radius 3 is 2.52 bits per heavy atom. The van der Waals surface area contributed by atoms with Gasteiger partial charge in [-0.25, -0.2) is 8.42 Å². The standard InChI is InChI=1S/C20H22ClF3N2O4S/c1-30-13-14-5-3-6-15(11-14)25-19(27)7-4-10-26(31(2,28)29)16-8-9-18(21)17(12-16)20(22,23)24/h3,5-6,8-9,11-12H,4,7,10,13H2,1-2H3,(H,25,27). The van der Waals surface area contributed by atoms with Crippen molar-refractivity contribution in [2.75, 3.05) is 29.5 Å². The van der Waals surface area contributed by atoms with Gasteiger partial charge < -0.3 is 10.1 Å². The number of benzene rings is 2. The smallest absolute Gasteiger partial charge is 0.380 e. The average Bonchev–Trinajstić information content (AvgIpc) is 2.65. The Hall–Kier alpha value is -2.30. The fraction of sp³-hybridized carbons (Fsp3) is 0.350. The first-order valence-corrected chi connectivity index (χ1v) is 11.4. The van der Waals surface area contributed by atoms with Gasteiger partial charge in [-0.15, -0.1) is 0 Å². The number of amides is 1. The molecule has 2 aromatic rings. The van der Waals surface area contributed by atoms with E-state index in [0.717, 1.165) is 22.2 Å².